The molecule has 1 heterocycles. The van der Waals surface area contributed by atoms with E-state index in [0.29, 0.717) is 20.6 Å². The van der Waals surface area contributed by atoms with Crippen LogP contribution < -0.4 is 0 Å². The summed E-state index contributed by atoms with van der Waals surface area (Å²) in [5.74, 6) is -0.626. The maximum absolute atomic E-state index is 12.8. The van der Waals surface area contributed by atoms with Crippen LogP contribution in [0.25, 0.3) is 6.08 Å². The number of phenolic OH excluding ortho intramolecular Hbond substituents is 1. The van der Waals surface area contributed by atoms with E-state index in [1.54, 1.807) is 31.2 Å². The summed E-state index contributed by atoms with van der Waals surface area (Å²) in [6.07, 6.45) is 1.79. The highest BCUT2D eigenvalue weighted by Gasteiger charge is 2.34. The third-order valence-electron chi connectivity index (χ3n) is 5.55. The van der Waals surface area contributed by atoms with Gasteiger partial charge in [-0.25, -0.2) is 9.79 Å². The zero-order valence-electron chi connectivity index (χ0n) is 21.5. The minimum absolute atomic E-state index is 0.0232. The number of hydrogen-bond donors (Lipinski definition) is 2. The molecule has 0 fully saturated rings. The number of phenols is 1. The van der Waals surface area contributed by atoms with E-state index >= 15 is 0 Å². The predicted octanol–water partition coefficient (Wildman–Crippen LogP) is 8.49. The van der Waals surface area contributed by atoms with E-state index in [0.717, 1.165) is 28.5 Å². The lowest BCUT2D eigenvalue weighted by Gasteiger charge is -2.28. The highest BCUT2D eigenvalue weighted by Crippen LogP contribution is 2.44. The van der Waals surface area contributed by atoms with Gasteiger partial charge in [-0.05, 0) is 59.7 Å². The fraction of sp³-hybridized carbons (Fsp3) is 0.357. The molecular formula is C28H31Cl2NO4S. The Morgan fingerprint density at radius 2 is 1.61 bits per heavy atom. The molecule has 0 unspecified atom stereocenters. The molecule has 5 nitrogen and oxygen atoms in total. The van der Waals surface area contributed by atoms with Crippen LogP contribution in [0.4, 0.5) is 5.69 Å². The number of benzene rings is 2. The first-order valence-electron chi connectivity index (χ1n) is 11.6. The summed E-state index contributed by atoms with van der Waals surface area (Å²) < 4.78 is 5.19. The molecule has 0 radical (unpaired) electrons. The average Bonchev–Trinajstić information content (AvgIpc) is 3.04. The fourth-order valence-electron chi connectivity index (χ4n) is 3.71. The van der Waals surface area contributed by atoms with E-state index in [4.69, 9.17) is 27.9 Å². The van der Waals surface area contributed by atoms with Crippen LogP contribution in [-0.2, 0) is 20.4 Å². The molecule has 0 aromatic heterocycles. The normalized spacial score (nSPS) is 16.8. The Balaban J connectivity index is 2.19. The van der Waals surface area contributed by atoms with Crippen molar-refractivity contribution in [2.45, 2.75) is 59.3 Å². The molecule has 0 atom stereocenters. The lowest BCUT2D eigenvalue weighted by atomic mass is 9.78. The highest BCUT2D eigenvalue weighted by molar-refractivity contribution is 8.18. The highest BCUT2D eigenvalue weighted by atomic mass is 35.5. The number of nitrogens with zero attached hydrogens (tertiary/aromatic N) is 1. The summed E-state index contributed by atoms with van der Waals surface area (Å²) in [6.45, 7) is 14.0. The molecule has 2 aromatic rings. The van der Waals surface area contributed by atoms with Gasteiger partial charge in [-0.1, -0.05) is 76.5 Å². The number of halogens is 2. The van der Waals surface area contributed by atoms with Gasteiger partial charge in [-0.2, -0.15) is 0 Å². The number of aliphatic hydroxyl groups is 1. The van der Waals surface area contributed by atoms with Crippen molar-refractivity contribution in [3.8, 4) is 5.75 Å². The van der Waals surface area contributed by atoms with Gasteiger partial charge in [0.2, 0.25) is 0 Å². The number of carbonyl (C=O) groups is 1. The first-order chi connectivity index (χ1) is 16.6. The molecule has 36 heavy (non-hydrogen) atoms. The lowest BCUT2D eigenvalue weighted by molar-refractivity contribution is -0.138. The number of rotatable bonds is 4. The molecule has 0 saturated carbocycles. The van der Waals surface area contributed by atoms with E-state index in [1.165, 1.54) is 0 Å². The van der Waals surface area contributed by atoms with Crippen molar-refractivity contribution in [1.82, 2.24) is 0 Å². The molecule has 2 aromatic carbocycles. The van der Waals surface area contributed by atoms with E-state index in [1.807, 2.05) is 53.7 Å². The smallest absolute Gasteiger partial charge is 0.344 e. The minimum atomic E-state index is -0.675. The van der Waals surface area contributed by atoms with Crippen LogP contribution in [0.1, 0.15) is 65.2 Å². The van der Waals surface area contributed by atoms with Crippen molar-refractivity contribution in [3.63, 3.8) is 0 Å². The molecule has 8 heteroatoms. The Hall–Kier alpha value is -2.41. The number of ether oxygens (including phenoxy) is 1. The third kappa shape index (κ3) is 6.10. The zero-order valence-corrected chi connectivity index (χ0v) is 23.8. The van der Waals surface area contributed by atoms with Gasteiger partial charge < -0.3 is 14.9 Å². The monoisotopic (exact) mass is 547 g/mol. The summed E-state index contributed by atoms with van der Waals surface area (Å²) in [6, 6.07) is 8.66. The van der Waals surface area contributed by atoms with E-state index < -0.39 is 5.97 Å². The standard InChI is InChI=1S/C28H31Cl2NO4S/c1-8-35-26(34)22-24(33)21(36-25(22)31-20-10-9-16(29)14-19(20)30)13-15-11-17(27(2,3)4)23(32)18(12-15)28(5,6)7/h9-14,32-33H,8H2,1-7H3/b21-13-,31-25?. The van der Waals surface area contributed by atoms with Gasteiger partial charge in [-0.3, -0.25) is 0 Å². The molecule has 0 aliphatic carbocycles. The largest absolute Gasteiger partial charge is 0.507 e. The number of aromatic hydroxyl groups is 1. The number of aliphatic imine (C=N–C) groups is 1. The lowest BCUT2D eigenvalue weighted by Crippen LogP contribution is -2.17. The molecule has 3 rings (SSSR count). The number of aliphatic hydroxyl groups excluding tert-OH is 1. The Bertz CT molecular complexity index is 1260. The van der Waals surface area contributed by atoms with Crippen molar-refractivity contribution < 1.29 is 19.7 Å². The van der Waals surface area contributed by atoms with Crippen molar-refractivity contribution in [2.75, 3.05) is 6.61 Å². The zero-order chi connectivity index (χ0) is 27.0. The maximum Gasteiger partial charge on any atom is 0.344 e. The van der Waals surface area contributed by atoms with Gasteiger partial charge in [0.25, 0.3) is 0 Å². The molecule has 0 bridgehead atoms. The molecule has 0 amide bonds. The molecule has 0 saturated heterocycles. The second kappa shape index (κ2) is 10.5. The van der Waals surface area contributed by atoms with Crippen LogP contribution in [0.15, 0.2) is 51.6 Å². The van der Waals surface area contributed by atoms with Crippen LogP contribution in [0.2, 0.25) is 10.0 Å². The average molecular weight is 549 g/mol. The summed E-state index contributed by atoms with van der Waals surface area (Å²) in [4.78, 5) is 17.7. The minimum Gasteiger partial charge on any atom is -0.507 e. The number of carbonyl (C=O) groups excluding carboxylic acids is 1. The van der Waals surface area contributed by atoms with Crippen molar-refractivity contribution in [3.05, 3.63) is 73.3 Å². The molecule has 0 spiro atoms. The van der Waals surface area contributed by atoms with Crippen molar-refractivity contribution in [1.29, 1.82) is 0 Å². The summed E-state index contributed by atoms with van der Waals surface area (Å²) in [7, 11) is 0. The van der Waals surface area contributed by atoms with E-state index in [2.05, 4.69) is 4.99 Å². The molecular weight excluding hydrogens is 517 g/mol. The van der Waals surface area contributed by atoms with Crippen molar-refractivity contribution in [2.24, 2.45) is 4.99 Å². The summed E-state index contributed by atoms with van der Waals surface area (Å²) >= 11 is 13.4. The first kappa shape index (κ1) is 28.2. The third-order valence-corrected chi connectivity index (χ3v) is 7.11. The predicted molar refractivity (Wildman–Crippen MR) is 151 cm³/mol. The molecule has 2 N–H and O–H groups in total. The van der Waals surface area contributed by atoms with E-state index in [-0.39, 0.29) is 39.6 Å². The van der Waals surface area contributed by atoms with Gasteiger partial charge in [0, 0.05) is 16.1 Å². The second-order valence-electron chi connectivity index (χ2n) is 10.5. The SMILES string of the molecule is CCOC(=O)C1=C(O)/C(=C/c2cc(C(C)(C)C)c(O)c(C(C)(C)C)c2)SC1=Nc1ccc(Cl)cc1Cl. The molecule has 1 aliphatic heterocycles. The van der Waals surface area contributed by atoms with Gasteiger partial charge in [0.1, 0.15) is 22.1 Å². The Kier molecular flexibility index (Phi) is 8.23. The quantitative estimate of drug-likeness (QED) is 0.375. The van der Waals surface area contributed by atoms with Crippen LogP contribution >= 0.6 is 35.0 Å². The maximum atomic E-state index is 12.8. The number of thioether (sulfide) groups is 1. The van der Waals surface area contributed by atoms with Crippen LogP contribution in [0, 0.1) is 0 Å². The van der Waals surface area contributed by atoms with Crippen LogP contribution in [0.3, 0.4) is 0 Å². The summed E-state index contributed by atoms with van der Waals surface area (Å²) in [5, 5.41) is 23.2. The number of hydrogen-bond acceptors (Lipinski definition) is 6. The Labute approximate surface area is 226 Å². The Morgan fingerprint density at radius 1 is 1.03 bits per heavy atom. The molecule has 1 aliphatic rings. The van der Waals surface area contributed by atoms with E-state index in [9.17, 15) is 15.0 Å². The number of esters is 1. The summed E-state index contributed by atoms with van der Waals surface area (Å²) in [5.41, 5.74) is 2.13. The van der Waals surface area contributed by atoms with Gasteiger partial charge >= 0.3 is 5.97 Å². The second-order valence-corrected chi connectivity index (χ2v) is 12.4. The first-order valence-corrected chi connectivity index (χ1v) is 13.1. The van der Waals surface area contributed by atoms with Gasteiger partial charge in [-0.15, -0.1) is 0 Å². The Morgan fingerprint density at radius 3 is 2.11 bits per heavy atom. The van der Waals surface area contributed by atoms with Gasteiger partial charge in [0.05, 0.1) is 22.2 Å². The van der Waals surface area contributed by atoms with Crippen LogP contribution in [-0.4, -0.2) is 27.8 Å². The molecule has 192 valence electrons. The van der Waals surface area contributed by atoms with Crippen LogP contribution in [0.5, 0.6) is 5.75 Å². The fourth-order valence-corrected chi connectivity index (χ4v) is 5.19. The van der Waals surface area contributed by atoms with Gasteiger partial charge in [0.15, 0.2) is 0 Å². The topological polar surface area (TPSA) is 79.1 Å². The van der Waals surface area contributed by atoms with Crippen molar-refractivity contribution >= 4 is 57.7 Å².